The Balaban J connectivity index is 2.10. The zero-order valence-corrected chi connectivity index (χ0v) is 8.62. The van der Waals surface area contributed by atoms with E-state index in [2.05, 4.69) is 5.32 Å². The summed E-state index contributed by atoms with van der Waals surface area (Å²) in [5.74, 6) is -0.938. The van der Waals surface area contributed by atoms with Crippen molar-refractivity contribution < 1.29 is 9.90 Å². The molecule has 0 aromatic heterocycles. The van der Waals surface area contributed by atoms with Crippen LogP contribution in [0.2, 0.25) is 0 Å². The molecule has 0 fully saturated rings. The molecule has 0 saturated carbocycles. The topological polar surface area (TPSA) is 49.3 Å². The molecule has 0 bridgehead atoms. The minimum absolute atomic E-state index is 0.938. The van der Waals surface area contributed by atoms with Gasteiger partial charge in [0.2, 0.25) is 0 Å². The summed E-state index contributed by atoms with van der Waals surface area (Å²) < 4.78 is 0. The first-order chi connectivity index (χ1) is 7.25. The number of carbonyl (C=O) groups is 1. The Morgan fingerprint density at radius 1 is 1.40 bits per heavy atom. The average Bonchev–Trinajstić information content (AvgIpc) is 2.59. The first kappa shape index (κ1) is 9.86. The van der Waals surface area contributed by atoms with Gasteiger partial charge in [0, 0.05) is 11.0 Å². The summed E-state index contributed by atoms with van der Waals surface area (Å²) in [5, 5.41) is 12.5. The molecular formula is C11H9NO2S. The molecule has 1 aromatic carbocycles. The number of hydrogen-bond donors (Lipinski definition) is 2. The fraction of sp³-hybridized carbons (Fsp3) is 0. The highest BCUT2D eigenvalue weighted by atomic mass is 32.2. The molecule has 0 radical (unpaired) electrons. The van der Waals surface area contributed by atoms with Crippen LogP contribution in [0.4, 0.5) is 5.69 Å². The summed E-state index contributed by atoms with van der Waals surface area (Å²) in [6.07, 6.45) is 4.38. The maximum atomic E-state index is 10.2. The van der Waals surface area contributed by atoms with Gasteiger partial charge in [0.25, 0.3) is 0 Å². The van der Waals surface area contributed by atoms with Gasteiger partial charge in [-0.3, -0.25) is 0 Å². The molecule has 1 heterocycles. The van der Waals surface area contributed by atoms with Crippen LogP contribution in [0.25, 0.3) is 0 Å². The molecule has 0 aliphatic carbocycles. The second kappa shape index (κ2) is 4.23. The van der Waals surface area contributed by atoms with Gasteiger partial charge in [-0.15, -0.1) is 0 Å². The van der Waals surface area contributed by atoms with E-state index in [-0.39, 0.29) is 0 Å². The van der Waals surface area contributed by atoms with Gasteiger partial charge in [-0.05, 0) is 18.2 Å². The Bertz CT molecular complexity index is 425. The van der Waals surface area contributed by atoms with Crippen LogP contribution in [0, 0.1) is 0 Å². The molecule has 2 rings (SSSR count). The van der Waals surface area contributed by atoms with Crippen molar-refractivity contribution in [1.82, 2.24) is 0 Å². The maximum absolute atomic E-state index is 10.2. The van der Waals surface area contributed by atoms with Crippen LogP contribution in [0.5, 0.6) is 0 Å². The fourth-order valence-corrected chi connectivity index (χ4v) is 2.15. The second-order valence-corrected chi connectivity index (χ2v) is 4.04. The maximum Gasteiger partial charge on any atom is 0.328 e. The van der Waals surface area contributed by atoms with Crippen LogP contribution in [0.3, 0.4) is 0 Å². The summed E-state index contributed by atoms with van der Waals surface area (Å²) in [4.78, 5) is 11.4. The van der Waals surface area contributed by atoms with E-state index >= 15 is 0 Å². The minimum atomic E-state index is -0.938. The number of carboxylic acid groups (broad SMARTS) is 1. The highest BCUT2D eigenvalue weighted by Gasteiger charge is 2.13. The third kappa shape index (κ3) is 2.41. The lowest BCUT2D eigenvalue weighted by Crippen LogP contribution is -1.88. The Labute approximate surface area is 91.5 Å². The number of aliphatic carboxylic acids is 1. The number of nitrogens with one attached hydrogen (secondary N) is 1. The lowest BCUT2D eigenvalue weighted by atomic mass is 10.3. The van der Waals surface area contributed by atoms with E-state index in [1.54, 1.807) is 17.8 Å². The van der Waals surface area contributed by atoms with Crippen molar-refractivity contribution in [3.8, 4) is 0 Å². The van der Waals surface area contributed by atoms with Crippen molar-refractivity contribution in [3.05, 3.63) is 47.5 Å². The molecule has 1 aliphatic heterocycles. The summed E-state index contributed by atoms with van der Waals surface area (Å²) >= 11 is 1.59. The molecule has 3 nitrogen and oxygen atoms in total. The predicted molar refractivity (Wildman–Crippen MR) is 60.8 cm³/mol. The number of para-hydroxylation sites is 1. The number of allylic oxidation sites excluding steroid dienone is 2. The van der Waals surface area contributed by atoms with E-state index < -0.39 is 5.97 Å². The van der Waals surface area contributed by atoms with Crippen LogP contribution < -0.4 is 5.32 Å². The van der Waals surface area contributed by atoms with E-state index in [0.717, 1.165) is 21.7 Å². The Kier molecular flexibility index (Phi) is 2.78. The lowest BCUT2D eigenvalue weighted by molar-refractivity contribution is -0.131. The third-order valence-electron chi connectivity index (χ3n) is 1.85. The number of thioether (sulfide) groups is 1. The molecule has 0 atom stereocenters. The number of anilines is 1. The van der Waals surface area contributed by atoms with E-state index in [0.29, 0.717) is 0 Å². The fourth-order valence-electron chi connectivity index (χ4n) is 1.23. The quantitative estimate of drug-likeness (QED) is 0.751. The largest absolute Gasteiger partial charge is 0.478 e. The Morgan fingerprint density at radius 2 is 2.20 bits per heavy atom. The first-order valence-electron chi connectivity index (χ1n) is 4.41. The van der Waals surface area contributed by atoms with Crippen molar-refractivity contribution in [2.75, 3.05) is 5.32 Å². The van der Waals surface area contributed by atoms with Gasteiger partial charge in [-0.25, -0.2) is 4.79 Å². The number of benzene rings is 1. The highest BCUT2D eigenvalue weighted by molar-refractivity contribution is 8.03. The van der Waals surface area contributed by atoms with Crippen molar-refractivity contribution >= 4 is 23.4 Å². The van der Waals surface area contributed by atoms with Crippen molar-refractivity contribution in [2.24, 2.45) is 0 Å². The smallest absolute Gasteiger partial charge is 0.328 e. The lowest BCUT2D eigenvalue weighted by Gasteiger charge is -1.94. The van der Waals surface area contributed by atoms with E-state index in [1.807, 2.05) is 24.3 Å². The summed E-state index contributed by atoms with van der Waals surface area (Å²) in [6, 6.07) is 7.95. The van der Waals surface area contributed by atoms with Gasteiger partial charge in [-0.2, -0.15) is 0 Å². The monoisotopic (exact) mass is 219 g/mol. The van der Waals surface area contributed by atoms with Crippen molar-refractivity contribution in [2.45, 2.75) is 4.90 Å². The van der Waals surface area contributed by atoms with Crippen LogP contribution >= 0.6 is 11.8 Å². The number of rotatable bonds is 2. The SMILES string of the molecule is O=C(O)C=CC=C1Nc2ccccc2S1. The zero-order valence-electron chi connectivity index (χ0n) is 7.81. The molecule has 0 saturated heterocycles. The Hall–Kier alpha value is -1.68. The Morgan fingerprint density at radius 3 is 2.93 bits per heavy atom. The van der Waals surface area contributed by atoms with E-state index in [1.165, 1.54) is 6.08 Å². The standard InChI is InChI=1S/C11H9NO2S/c13-11(14)7-3-6-10-12-8-4-1-2-5-9(8)15-10/h1-7,12H,(H,13,14). The highest BCUT2D eigenvalue weighted by Crippen LogP contribution is 2.40. The van der Waals surface area contributed by atoms with Gasteiger partial charge in [0.05, 0.1) is 10.7 Å². The molecule has 0 amide bonds. The number of hydrogen-bond acceptors (Lipinski definition) is 3. The van der Waals surface area contributed by atoms with E-state index in [9.17, 15) is 4.79 Å². The summed E-state index contributed by atoms with van der Waals surface area (Å²) in [7, 11) is 0. The van der Waals surface area contributed by atoms with Gasteiger partial charge in [0.15, 0.2) is 0 Å². The molecule has 1 aromatic rings. The third-order valence-corrected chi connectivity index (χ3v) is 2.89. The molecule has 76 valence electrons. The molecule has 15 heavy (non-hydrogen) atoms. The zero-order chi connectivity index (χ0) is 10.7. The average molecular weight is 219 g/mol. The van der Waals surface area contributed by atoms with Crippen LogP contribution in [0.15, 0.2) is 52.4 Å². The number of fused-ring (bicyclic) bond motifs is 1. The van der Waals surface area contributed by atoms with Crippen molar-refractivity contribution in [1.29, 1.82) is 0 Å². The molecule has 0 spiro atoms. The molecule has 0 unspecified atom stereocenters. The van der Waals surface area contributed by atoms with Gasteiger partial charge < -0.3 is 10.4 Å². The van der Waals surface area contributed by atoms with Crippen molar-refractivity contribution in [3.63, 3.8) is 0 Å². The normalized spacial score (nSPS) is 16.7. The second-order valence-electron chi connectivity index (χ2n) is 2.95. The molecule has 2 N–H and O–H groups in total. The summed E-state index contributed by atoms with van der Waals surface area (Å²) in [5.41, 5.74) is 1.07. The first-order valence-corrected chi connectivity index (χ1v) is 5.22. The minimum Gasteiger partial charge on any atom is -0.478 e. The van der Waals surface area contributed by atoms with Gasteiger partial charge >= 0.3 is 5.97 Å². The molecular weight excluding hydrogens is 210 g/mol. The predicted octanol–water partition coefficient (Wildman–Crippen LogP) is 2.69. The van der Waals surface area contributed by atoms with Crippen LogP contribution in [-0.2, 0) is 4.79 Å². The van der Waals surface area contributed by atoms with Crippen LogP contribution in [-0.4, -0.2) is 11.1 Å². The van der Waals surface area contributed by atoms with Crippen LogP contribution in [0.1, 0.15) is 0 Å². The van der Waals surface area contributed by atoms with E-state index in [4.69, 9.17) is 5.11 Å². The van der Waals surface area contributed by atoms with Gasteiger partial charge in [0.1, 0.15) is 0 Å². The molecule has 1 aliphatic rings. The summed E-state index contributed by atoms with van der Waals surface area (Å²) in [6.45, 7) is 0. The molecule has 4 heteroatoms. The van der Waals surface area contributed by atoms with Gasteiger partial charge in [-0.1, -0.05) is 30.0 Å². The number of carboxylic acids is 1.